The number of hydrogen-bond donors (Lipinski definition) is 7. The van der Waals surface area contributed by atoms with Gasteiger partial charge in [-0.3, -0.25) is 0 Å². The molecule has 13 heteroatoms. The second kappa shape index (κ2) is 15.4. The summed E-state index contributed by atoms with van der Waals surface area (Å²) < 4.78 is 21.7. The van der Waals surface area contributed by atoms with Crippen molar-refractivity contribution in [3.63, 3.8) is 0 Å². The summed E-state index contributed by atoms with van der Waals surface area (Å²) in [4.78, 5) is 43.1. The van der Waals surface area contributed by atoms with Crippen LogP contribution < -0.4 is 0 Å². The normalized spacial score (nSPS) is 12.6. The zero-order valence-corrected chi connectivity index (χ0v) is 14.4. The average molecular weight is 374 g/mol. The molecule has 0 aliphatic rings. The Balaban J connectivity index is -0.000000270. The first kappa shape index (κ1) is 26.4. The molecular weight excluding hydrogens is 350 g/mol. The van der Waals surface area contributed by atoms with Gasteiger partial charge in [0.2, 0.25) is 0 Å². The fraction of sp³-hybridized carbons (Fsp3) is 1.00. The minimum atomic E-state index is -4.64. The van der Waals surface area contributed by atoms with Crippen LogP contribution in [0.15, 0.2) is 0 Å². The van der Waals surface area contributed by atoms with Crippen LogP contribution in [0.4, 0.5) is 0 Å². The fourth-order valence-corrected chi connectivity index (χ4v) is 1.68. The standard InChI is InChI=1S/C8H18O2S.2H3O4P/c1-3-5-6-8(4-2)7-11-10-9;2*1-5(2,3)4/h8-9H,3-7H2,1-2H3;2*(H3,1,2,3,4). The highest BCUT2D eigenvalue weighted by molar-refractivity contribution is 7.94. The van der Waals surface area contributed by atoms with Crippen molar-refractivity contribution in [1.29, 1.82) is 0 Å². The van der Waals surface area contributed by atoms with Crippen molar-refractivity contribution in [2.45, 2.75) is 39.5 Å². The molecule has 0 bridgehead atoms. The van der Waals surface area contributed by atoms with Gasteiger partial charge in [0.25, 0.3) is 0 Å². The van der Waals surface area contributed by atoms with Crippen LogP contribution >= 0.6 is 27.7 Å². The molecule has 0 spiro atoms. The first-order valence-corrected chi connectivity index (χ1v) is 9.88. The number of rotatable bonds is 7. The van der Waals surface area contributed by atoms with E-state index >= 15 is 0 Å². The molecule has 0 aromatic rings. The zero-order valence-electron chi connectivity index (χ0n) is 11.8. The summed E-state index contributed by atoms with van der Waals surface area (Å²) in [5.41, 5.74) is 0. The molecule has 0 heterocycles. The van der Waals surface area contributed by atoms with Crippen molar-refractivity contribution in [3.05, 3.63) is 0 Å². The Morgan fingerprint density at radius 2 is 1.38 bits per heavy atom. The highest BCUT2D eigenvalue weighted by Crippen LogP contribution is 2.26. The molecule has 132 valence electrons. The molecule has 10 nitrogen and oxygen atoms in total. The van der Waals surface area contributed by atoms with Gasteiger partial charge >= 0.3 is 15.6 Å². The van der Waals surface area contributed by atoms with E-state index in [2.05, 4.69) is 18.2 Å². The second-order valence-corrected chi connectivity index (χ2v) is 6.57. The van der Waals surface area contributed by atoms with Gasteiger partial charge in [0, 0.05) is 17.8 Å². The highest BCUT2D eigenvalue weighted by Gasteiger charge is 2.05. The molecule has 0 aliphatic carbocycles. The van der Waals surface area contributed by atoms with Crippen LogP contribution in [0.3, 0.4) is 0 Å². The first-order valence-electron chi connectivity index (χ1n) is 5.84. The lowest BCUT2D eigenvalue weighted by Crippen LogP contribution is -2.02. The van der Waals surface area contributed by atoms with Crippen LogP contribution in [0.5, 0.6) is 0 Å². The molecule has 7 N–H and O–H groups in total. The Bertz CT molecular complexity index is 259. The van der Waals surface area contributed by atoms with E-state index in [0.717, 1.165) is 17.8 Å². The molecule has 0 amide bonds. The van der Waals surface area contributed by atoms with Gasteiger partial charge < -0.3 is 29.4 Å². The Hall–Kier alpha value is 0.490. The van der Waals surface area contributed by atoms with E-state index in [4.69, 9.17) is 43.7 Å². The largest absolute Gasteiger partial charge is 0.466 e. The average Bonchev–Trinajstić information content (AvgIpc) is 2.25. The fourth-order valence-electron chi connectivity index (χ4n) is 1.02. The quantitative estimate of drug-likeness (QED) is 0.148. The maximum absolute atomic E-state index is 8.88. The lowest BCUT2D eigenvalue weighted by molar-refractivity contribution is -0.116. The van der Waals surface area contributed by atoms with Crippen LogP contribution in [0.2, 0.25) is 0 Å². The van der Waals surface area contributed by atoms with E-state index in [9.17, 15) is 0 Å². The van der Waals surface area contributed by atoms with Crippen molar-refractivity contribution in [2.75, 3.05) is 5.75 Å². The van der Waals surface area contributed by atoms with Gasteiger partial charge in [-0.25, -0.2) is 14.4 Å². The van der Waals surface area contributed by atoms with Crippen LogP contribution in [0.25, 0.3) is 0 Å². The number of unbranched alkanes of at least 4 members (excludes halogenated alkanes) is 1. The van der Waals surface area contributed by atoms with Crippen LogP contribution in [-0.2, 0) is 13.5 Å². The summed E-state index contributed by atoms with van der Waals surface area (Å²) >= 11 is 1.15. The topological polar surface area (TPSA) is 185 Å². The Labute approximate surface area is 127 Å². The van der Waals surface area contributed by atoms with E-state index < -0.39 is 15.6 Å². The van der Waals surface area contributed by atoms with Crippen LogP contribution in [0, 0.1) is 5.92 Å². The Morgan fingerprint density at radius 3 is 1.62 bits per heavy atom. The molecule has 0 rings (SSSR count). The van der Waals surface area contributed by atoms with Crippen molar-refractivity contribution < 1.29 is 48.1 Å². The van der Waals surface area contributed by atoms with Gasteiger partial charge in [0.1, 0.15) is 0 Å². The molecular formula is C8H24O10P2S. The molecule has 0 saturated heterocycles. The highest BCUT2D eigenvalue weighted by atomic mass is 32.2. The predicted molar refractivity (Wildman–Crippen MR) is 78.0 cm³/mol. The predicted octanol–water partition coefficient (Wildman–Crippen LogP) is 1.48. The molecule has 0 aromatic carbocycles. The van der Waals surface area contributed by atoms with Crippen LogP contribution in [0.1, 0.15) is 39.5 Å². The minimum Gasteiger partial charge on any atom is -0.303 e. The molecule has 1 unspecified atom stereocenters. The number of phosphoric acid groups is 2. The van der Waals surface area contributed by atoms with Crippen LogP contribution in [-0.4, -0.2) is 40.4 Å². The molecule has 21 heavy (non-hydrogen) atoms. The summed E-state index contributed by atoms with van der Waals surface area (Å²) in [6.07, 6.45) is 4.96. The van der Waals surface area contributed by atoms with Gasteiger partial charge in [-0.05, 0) is 12.3 Å². The van der Waals surface area contributed by atoms with E-state index in [0.29, 0.717) is 5.92 Å². The van der Waals surface area contributed by atoms with E-state index in [-0.39, 0.29) is 0 Å². The van der Waals surface area contributed by atoms with E-state index in [1.807, 2.05) is 0 Å². The summed E-state index contributed by atoms with van der Waals surface area (Å²) in [6.45, 7) is 4.38. The third-order valence-electron chi connectivity index (χ3n) is 1.90. The zero-order chi connectivity index (χ0) is 17.5. The van der Waals surface area contributed by atoms with Crippen molar-refractivity contribution in [2.24, 2.45) is 5.92 Å². The third-order valence-corrected chi connectivity index (χ3v) is 2.61. The molecule has 0 aromatic heterocycles. The van der Waals surface area contributed by atoms with Crippen molar-refractivity contribution >= 4 is 27.7 Å². The molecule has 1 atom stereocenters. The SMILES string of the molecule is CCCCC(CC)CSOO.O=P(O)(O)O.O=P(O)(O)O. The molecule has 0 aliphatic heterocycles. The summed E-state index contributed by atoms with van der Waals surface area (Å²) in [6, 6.07) is 0. The van der Waals surface area contributed by atoms with E-state index in [1.165, 1.54) is 25.7 Å². The summed E-state index contributed by atoms with van der Waals surface area (Å²) in [5, 5.41) is 8.10. The first-order chi connectivity index (χ1) is 9.35. The van der Waals surface area contributed by atoms with Crippen molar-refractivity contribution in [1.82, 2.24) is 0 Å². The molecule has 0 radical (unpaired) electrons. The summed E-state index contributed by atoms with van der Waals surface area (Å²) in [5.74, 6) is 1.61. The van der Waals surface area contributed by atoms with Gasteiger partial charge in [0.05, 0.1) is 0 Å². The van der Waals surface area contributed by atoms with Gasteiger partial charge in [-0.1, -0.05) is 33.1 Å². The van der Waals surface area contributed by atoms with Gasteiger partial charge in [-0.2, -0.15) is 4.33 Å². The van der Waals surface area contributed by atoms with E-state index in [1.54, 1.807) is 0 Å². The monoisotopic (exact) mass is 374 g/mol. The second-order valence-electron chi connectivity index (χ2n) is 3.80. The van der Waals surface area contributed by atoms with Gasteiger partial charge in [0.15, 0.2) is 0 Å². The lowest BCUT2D eigenvalue weighted by Gasteiger charge is -2.11. The smallest absolute Gasteiger partial charge is 0.303 e. The van der Waals surface area contributed by atoms with Gasteiger partial charge in [-0.15, -0.1) is 0 Å². The lowest BCUT2D eigenvalue weighted by atomic mass is 10.0. The maximum atomic E-state index is 8.88. The minimum absolute atomic E-state index is 0.701. The third kappa shape index (κ3) is 63.7. The molecule has 0 fully saturated rings. The number of hydrogen-bond acceptors (Lipinski definition) is 5. The maximum Gasteiger partial charge on any atom is 0.466 e. The molecule has 0 saturated carbocycles. The summed E-state index contributed by atoms with van der Waals surface area (Å²) in [7, 11) is -9.28. The van der Waals surface area contributed by atoms with Crippen molar-refractivity contribution in [3.8, 4) is 0 Å². The Morgan fingerprint density at radius 1 is 1.00 bits per heavy atom. The Kier molecular flexibility index (Phi) is 19.3.